The van der Waals surface area contributed by atoms with E-state index in [1.165, 1.54) is 15.1 Å². The van der Waals surface area contributed by atoms with E-state index in [0.717, 1.165) is 58.0 Å². The molecule has 0 aromatic heterocycles. The Hall–Kier alpha value is -3.58. The van der Waals surface area contributed by atoms with Crippen LogP contribution < -0.4 is 9.80 Å². The lowest BCUT2D eigenvalue weighted by Crippen LogP contribution is -2.26. The van der Waals surface area contributed by atoms with Crippen LogP contribution in [0.3, 0.4) is 0 Å². The first-order valence-corrected chi connectivity index (χ1v) is 18.1. The number of benzene rings is 3. The summed E-state index contributed by atoms with van der Waals surface area (Å²) in [5.41, 5.74) is 9.97. The average molecular weight is 688 g/mol. The molecule has 0 saturated heterocycles. The highest BCUT2D eigenvalue weighted by Gasteiger charge is 2.41. The third kappa shape index (κ3) is 5.58. The molecule has 0 atom stereocenters. The van der Waals surface area contributed by atoms with Crippen LogP contribution in [0, 0.1) is 6.92 Å². The van der Waals surface area contributed by atoms with Crippen LogP contribution in [0.25, 0.3) is 0 Å². The van der Waals surface area contributed by atoms with Crippen molar-refractivity contribution in [2.75, 3.05) is 30.9 Å². The minimum Gasteiger partial charge on any atom is -0.347 e. The normalized spacial score (nSPS) is 22.9. The van der Waals surface area contributed by atoms with E-state index in [1.807, 2.05) is 43.3 Å². The number of hydrogen-bond donors (Lipinski definition) is 0. The Morgan fingerprint density at radius 1 is 0.702 bits per heavy atom. The first-order chi connectivity index (χ1) is 22.0. The van der Waals surface area contributed by atoms with E-state index in [2.05, 4.69) is 88.0 Å². The summed E-state index contributed by atoms with van der Waals surface area (Å²) in [5.74, 6) is 0. The quantitative estimate of drug-likeness (QED) is 0.257. The molecular weight excluding hydrogens is 645 g/mol. The van der Waals surface area contributed by atoms with E-state index in [4.69, 9.17) is 23.2 Å². The molecule has 6 rings (SSSR count). The van der Waals surface area contributed by atoms with Crippen LogP contribution in [0.5, 0.6) is 0 Å². The fourth-order valence-corrected chi connectivity index (χ4v) is 9.02. The molecule has 0 unspecified atom stereocenters. The topological polar surface area (TPSA) is 43.6 Å². The van der Waals surface area contributed by atoms with Crippen molar-refractivity contribution in [2.24, 2.45) is 0 Å². The molecule has 3 aliphatic rings. The molecular formula is C39H42Cl2N3O2S+. The second kappa shape index (κ2) is 11.8. The average Bonchev–Trinajstić information content (AvgIpc) is 3.56. The van der Waals surface area contributed by atoms with Crippen molar-refractivity contribution < 1.29 is 12.4 Å². The molecule has 3 aromatic rings. The van der Waals surface area contributed by atoms with Crippen molar-refractivity contribution in [1.82, 2.24) is 0 Å². The minimum absolute atomic E-state index is 0.272. The molecule has 0 N–H and O–H groups in total. The first kappa shape index (κ1) is 33.3. The summed E-state index contributed by atoms with van der Waals surface area (Å²) in [6.45, 7) is 10.8. The summed E-state index contributed by atoms with van der Waals surface area (Å²) < 4.78 is 29.7. The number of halogens is 2. The highest BCUT2D eigenvalue weighted by molar-refractivity contribution is 7.85. The largest absolute Gasteiger partial charge is 0.395 e. The van der Waals surface area contributed by atoms with E-state index in [-0.39, 0.29) is 15.7 Å². The van der Waals surface area contributed by atoms with E-state index in [9.17, 15) is 8.42 Å². The van der Waals surface area contributed by atoms with Crippen LogP contribution in [0.15, 0.2) is 112 Å². The lowest BCUT2D eigenvalue weighted by Gasteiger charge is -2.24. The van der Waals surface area contributed by atoms with Gasteiger partial charge in [-0.25, -0.2) is 0 Å². The van der Waals surface area contributed by atoms with Crippen LogP contribution in [0.1, 0.15) is 57.2 Å². The van der Waals surface area contributed by atoms with Gasteiger partial charge in [-0.15, -0.1) is 3.98 Å². The number of aryl methyl sites for hydroxylation is 1. The molecule has 0 bridgehead atoms. The van der Waals surface area contributed by atoms with Crippen molar-refractivity contribution in [2.45, 2.75) is 63.2 Å². The summed E-state index contributed by atoms with van der Waals surface area (Å²) in [6, 6.07) is 19.1. The van der Waals surface area contributed by atoms with Gasteiger partial charge in [-0.1, -0.05) is 80.7 Å². The van der Waals surface area contributed by atoms with Crippen LogP contribution in [-0.4, -0.2) is 39.3 Å². The van der Waals surface area contributed by atoms with Gasteiger partial charge < -0.3 is 9.80 Å². The van der Waals surface area contributed by atoms with Gasteiger partial charge >= 0.3 is 10.0 Å². The van der Waals surface area contributed by atoms with Crippen molar-refractivity contribution >= 4 is 50.3 Å². The Morgan fingerprint density at radius 2 is 1.13 bits per heavy atom. The van der Waals surface area contributed by atoms with Gasteiger partial charge in [-0.05, 0) is 91.6 Å². The van der Waals surface area contributed by atoms with Gasteiger partial charge in [0.2, 0.25) is 5.71 Å². The number of allylic oxidation sites excluding steroid dienone is 8. The van der Waals surface area contributed by atoms with Gasteiger partial charge in [-0.3, -0.25) is 0 Å². The van der Waals surface area contributed by atoms with Crippen LogP contribution in [-0.2, 0) is 20.9 Å². The van der Waals surface area contributed by atoms with Gasteiger partial charge in [0.15, 0.2) is 7.05 Å². The summed E-state index contributed by atoms with van der Waals surface area (Å²) in [5, 5.41) is 1.43. The molecule has 1 saturated carbocycles. The lowest BCUT2D eigenvalue weighted by atomic mass is 9.83. The molecule has 0 spiro atoms. The Labute approximate surface area is 289 Å². The third-order valence-electron chi connectivity index (χ3n) is 10.1. The zero-order valence-electron chi connectivity index (χ0n) is 28.3. The monoisotopic (exact) mass is 686 g/mol. The second-order valence-electron chi connectivity index (χ2n) is 13.8. The summed E-state index contributed by atoms with van der Waals surface area (Å²) in [6.07, 6.45) is 9.94. The molecule has 0 radical (unpaired) electrons. The Bertz CT molecular complexity index is 1960. The first-order valence-electron chi connectivity index (χ1n) is 15.9. The Balaban J connectivity index is 1.48. The fourth-order valence-electron chi connectivity index (χ4n) is 7.41. The highest BCUT2D eigenvalue weighted by atomic mass is 35.5. The molecule has 47 heavy (non-hydrogen) atoms. The van der Waals surface area contributed by atoms with E-state index in [1.54, 1.807) is 19.2 Å². The maximum Gasteiger partial charge on any atom is 0.395 e. The van der Waals surface area contributed by atoms with Gasteiger partial charge in [-0.2, -0.15) is 8.42 Å². The number of likely N-dealkylation sites (N-methyl/N-ethyl adjacent to an activating group) is 2. The number of sulfonamides is 1. The number of nitrogens with zero attached hydrogens (tertiary/aromatic N) is 3. The molecule has 0 amide bonds. The number of fused-ring (bicyclic) bond motifs is 2. The number of rotatable bonds is 4. The summed E-state index contributed by atoms with van der Waals surface area (Å²) >= 11 is 12.8. The maximum absolute atomic E-state index is 14.1. The summed E-state index contributed by atoms with van der Waals surface area (Å²) in [7, 11) is 1.99. The smallest absolute Gasteiger partial charge is 0.347 e. The lowest BCUT2D eigenvalue weighted by molar-refractivity contribution is -0.325. The third-order valence-corrected chi connectivity index (χ3v) is 12.4. The molecule has 2 heterocycles. The zero-order chi connectivity index (χ0) is 34.1. The van der Waals surface area contributed by atoms with Crippen molar-refractivity contribution in [3.05, 3.63) is 134 Å². The Morgan fingerprint density at radius 3 is 1.55 bits per heavy atom. The van der Waals surface area contributed by atoms with Crippen molar-refractivity contribution in [1.29, 1.82) is 0 Å². The van der Waals surface area contributed by atoms with E-state index < -0.39 is 10.0 Å². The van der Waals surface area contributed by atoms with Crippen molar-refractivity contribution in [3.63, 3.8) is 0 Å². The van der Waals surface area contributed by atoms with E-state index >= 15 is 0 Å². The molecule has 1 aliphatic carbocycles. The van der Waals surface area contributed by atoms with Gasteiger partial charge in [0.25, 0.3) is 0 Å². The van der Waals surface area contributed by atoms with Crippen LogP contribution in [0.2, 0.25) is 10.0 Å². The minimum atomic E-state index is -3.82. The number of anilines is 2. The van der Waals surface area contributed by atoms with E-state index in [0.29, 0.717) is 10.0 Å². The standard InChI is InChI=1S/C39H42Cl2N3O2S/c1-25-9-17-30(18-10-25)47(45,46)44(8)37-26(13-21-35-38(2,3)31-23-28(40)15-19-33(31)42(35)6)11-12-27(37)14-22-36-39(4,5)32-24-29(41)16-20-34(32)43(36)7/h9-10,13-24H,11-12H2,1-8H3/q+1. The van der Waals surface area contributed by atoms with Crippen LogP contribution in [0.4, 0.5) is 11.4 Å². The molecule has 1 fully saturated rings. The fraction of sp³-hybridized carbons (Fsp3) is 0.308. The zero-order valence-corrected chi connectivity index (χ0v) is 30.6. The molecule has 244 valence electrons. The van der Waals surface area contributed by atoms with Gasteiger partial charge in [0.1, 0.15) is 4.90 Å². The maximum atomic E-state index is 14.1. The molecule has 2 aliphatic heterocycles. The highest BCUT2D eigenvalue weighted by Crippen LogP contribution is 2.49. The molecule has 3 aromatic carbocycles. The van der Waals surface area contributed by atoms with Gasteiger partial charge in [0.05, 0.1) is 0 Å². The molecule has 8 heteroatoms. The Kier molecular flexibility index (Phi) is 8.39. The predicted molar refractivity (Wildman–Crippen MR) is 197 cm³/mol. The summed E-state index contributed by atoms with van der Waals surface area (Å²) in [4.78, 5) is 4.67. The van der Waals surface area contributed by atoms with Crippen LogP contribution >= 0.6 is 23.2 Å². The predicted octanol–water partition coefficient (Wildman–Crippen LogP) is 9.34. The number of hydrogen-bond acceptors (Lipinski definition) is 4. The van der Waals surface area contributed by atoms with Gasteiger partial charge in [0, 0.05) is 68.9 Å². The molecule has 5 nitrogen and oxygen atoms in total. The second-order valence-corrected chi connectivity index (χ2v) is 16.7. The van der Waals surface area contributed by atoms with Crippen molar-refractivity contribution in [3.8, 4) is 0 Å². The SMILES string of the molecule is Cc1ccc(S(=O)(=O)[N+](C)=C2C(=CC=C3N(C)c4ccc(Cl)cc4C3(C)C)CC/C2=C\C=C2\N(C)c3ccc(Cl)cc3C2(C)C)cc1.